The Morgan fingerprint density at radius 3 is 2.87 bits per heavy atom. The monoisotopic (exact) mass is 208 g/mol. The SMILES string of the molecule is CCCCOCc1ccc(CNC)cn1. The number of hydrogen-bond acceptors (Lipinski definition) is 3. The predicted molar refractivity (Wildman–Crippen MR) is 61.6 cm³/mol. The van der Waals surface area contributed by atoms with Crippen molar-refractivity contribution in [1.29, 1.82) is 0 Å². The lowest BCUT2D eigenvalue weighted by Gasteiger charge is -2.04. The van der Waals surface area contributed by atoms with Crippen molar-refractivity contribution in [3.63, 3.8) is 0 Å². The lowest BCUT2D eigenvalue weighted by Crippen LogP contribution is -2.06. The molecule has 0 aromatic carbocycles. The molecule has 15 heavy (non-hydrogen) atoms. The van der Waals surface area contributed by atoms with Crippen molar-refractivity contribution in [2.24, 2.45) is 0 Å². The maximum absolute atomic E-state index is 5.48. The van der Waals surface area contributed by atoms with E-state index in [9.17, 15) is 0 Å². The van der Waals surface area contributed by atoms with Crippen molar-refractivity contribution in [3.05, 3.63) is 29.6 Å². The van der Waals surface area contributed by atoms with Crippen LogP contribution in [0.25, 0.3) is 0 Å². The number of hydrogen-bond donors (Lipinski definition) is 1. The van der Waals surface area contributed by atoms with Gasteiger partial charge < -0.3 is 10.1 Å². The molecule has 0 saturated heterocycles. The zero-order chi connectivity index (χ0) is 10.9. The molecule has 0 amide bonds. The Morgan fingerprint density at radius 2 is 2.27 bits per heavy atom. The zero-order valence-electron chi connectivity index (χ0n) is 9.62. The summed E-state index contributed by atoms with van der Waals surface area (Å²) in [4.78, 5) is 4.33. The highest BCUT2D eigenvalue weighted by atomic mass is 16.5. The lowest BCUT2D eigenvalue weighted by molar-refractivity contribution is 0.115. The van der Waals surface area contributed by atoms with Crippen LogP contribution in [0.15, 0.2) is 18.3 Å². The van der Waals surface area contributed by atoms with Crippen LogP contribution in [0.1, 0.15) is 31.0 Å². The van der Waals surface area contributed by atoms with Gasteiger partial charge in [-0.25, -0.2) is 0 Å². The summed E-state index contributed by atoms with van der Waals surface area (Å²) < 4.78 is 5.48. The number of unbranched alkanes of at least 4 members (excludes halogenated alkanes) is 1. The summed E-state index contributed by atoms with van der Waals surface area (Å²) in [7, 11) is 1.93. The van der Waals surface area contributed by atoms with Gasteiger partial charge in [-0.1, -0.05) is 19.4 Å². The minimum atomic E-state index is 0.625. The van der Waals surface area contributed by atoms with Crippen LogP contribution in [0.2, 0.25) is 0 Å². The molecule has 0 aliphatic rings. The van der Waals surface area contributed by atoms with Crippen LogP contribution >= 0.6 is 0 Å². The predicted octanol–water partition coefficient (Wildman–Crippen LogP) is 2.12. The largest absolute Gasteiger partial charge is 0.375 e. The fourth-order valence-corrected chi connectivity index (χ4v) is 1.27. The van der Waals surface area contributed by atoms with Gasteiger partial charge in [-0.15, -0.1) is 0 Å². The summed E-state index contributed by atoms with van der Waals surface area (Å²) in [6, 6.07) is 4.11. The number of aromatic nitrogens is 1. The third kappa shape index (κ3) is 4.91. The van der Waals surface area contributed by atoms with Gasteiger partial charge in [0.2, 0.25) is 0 Å². The van der Waals surface area contributed by atoms with Gasteiger partial charge in [0.05, 0.1) is 12.3 Å². The Labute approximate surface area is 91.9 Å². The molecule has 0 bridgehead atoms. The molecule has 0 spiro atoms. The highest BCUT2D eigenvalue weighted by molar-refractivity contribution is 5.13. The molecule has 0 aliphatic heterocycles. The molecule has 0 unspecified atom stereocenters. The first kappa shape index (κ1) is 12.1. The summed E-state index contributed by atoms with van der Waals surface area (Å²) in [6.07, 6.45) is 4.20. The van der Waals surface area contributed by atoms with Crippen molar-refractivity contribution in [1.82, 2.24) is 10.3 Å². The average molecular weight is 208 g/mol. The Kier molecular flexibility index (Phi) is 5.97. The van der Waals surface area contributed by atoms with E-state index < -0.39 is 0 Å². The maximum Gasteiger partial charge on any atom is 0.0887 e. The average Bonchev–Trinajstić information content (AvgIpc) is 2.27. The van der Waals surface area contributed by atoms with Gasteiger partial charge in [-0.2, -0.15) is 0 Å². The molecule has 0 saturated carbocycles. The molecule has 0 aliphatic carbocycles. The maximum atomic E-state index is 5.48. The third-order valence-corrected chi connectivity index (χ3v) is 2.16. The van der Waals surface area contributed by atoms with E-state index in [4.69, 9.17) is 4.74 Å². The smallest absolute Gasteiger partial charge is 0.0887 e. The van der Waals surface area contributed by atoms with Crippen LogP contribution in [0, 0.1) is 0 Å². The topological polar surface area (TPSA) is 34.1 Å². The van der Waals surface area contributed by atoms with Crippen LogP contribution < -0.4 is 5.32 Å². The summed E-state index contributed by atoms with van der Waals surface area (Å²) in [5, 5.41) is 3.09. The molecule has 0 atom stereocenters. The fraction of sp³-hybridized carbons (Fsp3) is 0.583. The van der Waals surface area contributed by atoms with E-state index in [2.05, 4.69) is 23.3 Å². The number of pyridine rings is 1. The second-order valence-corrected chi connectivity index (χ2v) is 3.59. The summed E-state index contributed by atoms with van der Waals surface area (Å²) in [5.41, 5.74) is 2.21. The third-order valence-electron chi connectivity index (χ3n) is 2.16. The van der Waals surface area contributed by atoms with E-state index in [0.717, 1.165) is 25.3 Å². The van der Waals surface area contributed by atoms with Crippen LogP contribution in [-0.2, 0) is 17.9 Å². The van der Waals surface area contributed by atoms with E-state index in [0.29, 0.717) is 6.61 Å². The molecule has 1 aromatic rings. The molecule has 3 heteroatoms. The van der Waals surface area contributed by atoms with Crippen molar-refractivity contribution in [3.8, 4) is 0 Å². The normalized spacial score (nSPS) is 10.5. The summed E-state index contributed by atoms with van der Waals surface area (Å²) >= 11 is 0. The Balaban J connectivity index is 2.29. The molecule has 0 radical (unpaired) electrons. The minimum Gasteiger partial charge on any atom is -0.375 e. The summed E-state index contributed by atoms with van der Waals surface area (Å²) in [5.74, 6) is 0. The second kappa shape index (κ2) is 7.37. The molecule has 1 aromatic heterocycles. The highest BCUT2D eigenvalue weighted by Crippen LogP contribution is 2.02. The van der Waals surface area contributed by atoms with Crippen molar-refractivity contribution >= 4 is 0 Å². The first-order valence-electron chi connectivity index (χ1n) is 5.53. The molecule has 1 N–H and O–H groups in total. The molecular weight excluding hydrogens is 188 g/mol. The standard InChI is InChI=1S/C12H20N2O/c1-3-4-7-15-10-12-6-5-11(8-13-2)9-14-12/h5-6,9,13H,3-4,7-8,10H2,1-2H3. The van der Waals surface area contributed by atoms with Crippen LogP contribution in [0.5, 0.6) is 0 Å². The number of nitrogens with zero attached hydrogens (tertiary/aromatic N) is 1. The first-order chi connectivity index (χ1) is 7.36. The Bertz CT molecular complexity index is 259. The van der Waals surface area contributed by atoms with Gasteiger partial charge >= 0.3 is 0 Å². The quantitative estimate of drug-likeness (QED) is 0.697. The van der Waals surface area contributed by atoms with Gasteiger partial charge in [0.25, 0.3) is 0 Å². The van der Waals surface area contributed by atoms with E-state index in [1.54, 1.807) is 0 Å². The van der Waals surface area contributed by atoms with E-state index in [-0.39, 0.29) is 0 Å². The summed E-state index contributed by atoms with van der Waals surface area (Å²) in [6.45, 7) is 4.48. The van der Waals surface area contributed by atoms with Gasteiger partial charge in [0.15, 0.2) is 0 Å². The molecular formula is C12H20N2O. The fourth-order valence-electron chi connectivity index (χ4n) is 1.27. The van der Waals surface area contributed by atoms with Gasteiger partial charge in [0.1, 0.15) is 0 Å². The van der Waals surface area contributed by atoms with Crippen molar-refractivity contribution in [2.45, 2.75) is 32.9 Å². The Morgan fingerprint density at radius 1 is 1.40 bits per heavy atom. The van der Waals surface area contributed by atoms with E-state index in [1.807, 2.05) is 19.3 Å². The first-order valence-corrected chi connectivity index (χ1v) is 5.53. The molecule has 84 valence electrons. The van der Waals surface area contributed by atoms with E-state index in [1.165, 1.54) is 12.0 Å². The second-order valence-electron chi connectivity index (χ2n) is 3.59. The van der Waals surface area contributed by atoms with Crippen molar-refractivity contribution in [2.75, 3.05) is 13.7 Å². The van der Waals surface area contributed by atoms with Crippen molar-refractivity contribution < 1.29 is 4.74 Å². The molecule has 0 fully saturated rings. The molecule has 3 nitrogen and oxygen atoms in total. The minimum absolute atomic E-state index is 0.625. The highest BCUT2D eigenvalue weighted by Gasteiger charge is 1.95. The lowest BCUT2D eigenvalue weighted by atomic mass is 10.2. The van der Waals surface area contributed by atoms with Crippen LogP contribution in [0.4, 0.5) is 0 Å². The van der Waals surface area contributed by atoms with E-state index >= 15 is 0 Å². The molecule has 1 rings (SSSR count). The molecule has 1 heterocycles. The number of ether oxygens (including phenoxy) is 1. The van der Waals surface area contributed by atoms with Crippen LogP contribution in [0.3, 0.4) is 0 Å². The van der Waals surface area contributed by atoms with Gasteiger partial charge in [-0.3, -0.25) is 4.98 Å². The number of nitrogens with one attached hydrogen (secondary N) is 1. The van der Waals surface area contributed by atoms with Crippen LogP contribution in [-0.4, -0.2) is 18.6 Å². The number of rotatable bonds is 7. The zero-order valence-corrected chi connectivity index (χ0v) is 9.62. The van der Waals surface area contributed by atoms with Gasteiger partial charge in [0, 0.05) is 19.3 Å². The van der Waals surface area contributed by atoms with Gasteiger partial charge in [-0.05, 0) is 25.1 Å². The Hall–Kier alpha value is -0.930.